The van der Waals surface area contributed by atoms with Crippen LogP contribution in [0.25, 0.3) is 10.9 Å². The predicted octanol–water partition coefficient (Wildman–Crippen LogP) is 5.22. The van der Waals surface area contributed by atoms with E-state index in [9.17, 15) is 4.79 Å². The van der Waals surface area contributed by atoms with Crippen LogP contribution >= 0.6 is 0 Å². The number of carbonyl (C=O) groups is 1. The first-order chi connectivity index (χ1) is 13.6. The number of carbonyl (C=O) groups excluding carboxylic acids is 1. The van der Waals surface area contributed by atoms with Crippen molar-refractivity contribution in [2.75, 3.05) is 13.1 Å². The first kappa shape index (κ1) is 18.8. The molecule has 3 heteroatoms. The zero-order valence-corrected chi connectivity index (χ0v) is 17.0. The fourth-order valence-electron chi connectivity index (χ4n) is 4.68. The van der Waals surface area contributed by atoms with Crippen molar-refractivity contribution in [2.45, 2.75) is 44.9 Å². The predicted molar refractivity (Wildman–Crippen MR) is 116 cm³/mol. The summed E-state index contributed by atoms with van der Waals surface area (Å²) in [6, 6.07) is 19.3. The molecular formula is C25H30N2O. The third-order valence-corrected chi connectivity index (χ3v) is 6.47. The molecule has 0 radical (unpaired) electrons. The largest absolute Gasteiger partial charge is 0.348 e. The minimum absolute atomic E-state index is 0.324. The Balaban J connectivity index is 1.31. The smallest absolute Gasteiger partial charge is 0.222 e. The van der Waals surface area contributed by atoms with Gasteiger partial charge in [-0.25, -0.2) is 0 Å². The highest BCUT2D eigenvalue weighted by atomic mass is 16.2. The monoisotopic (exact) mass is 374 g/mol. The summed E-state index contributed by atoms with van der Waals surface area (Å²) < 4.78 is 2.26. The van der Waals surface area contributed by atoms with Crippen molar-refractivity contribution in [3.05, 3.63) is 71.4 Å². The van der Waals surface area contributed by atoms with E-state index in [4.69, 9.17) is 0 Å². The summed E-state index contributed by atoms with van der Waals surface area (Å²) in [4.78, 5) is 14.8. The Hall–Kier alpha value is -2.55. The van der Waals surface area contributed by atoms with E-state index in [1.165, 1.54) is 27.7 Å². The molecule has 0 unspecified atom stereocenters. The van der Waals surface area contributed by atoms with Crippen LogP contribution in [0.4, 0.5) is 0 Å². The summed E-state index contributed by atoms with van der Waals surface area (Å²) in [5, 5.41) is 1.33. The SMILES string of the molecule is Cc1c(CCCC(=O)N2CCC(c3ccccc3)CC2)c2ccccc2n1C. The first-order valence-corrected chi connectivity index (χ1v) is 10.5. The van der Waals surface area contributed by atoms with Crippen molar-refractivity contribution in [3.8, 4) is 0 Å². The molecule has 1 saturated heterocycles. The van der Waals surface area contributed by atoms with Gasteiger partial charge in [-0.2, -0.15) is 0 Å². The molecule has 1 amide bonds. The van der Waals surface area contributed by atoms with E-state index in [2.05, 4.69) is 78.0 Å². The number of likely N-dealkylation sites (tertiary alicyclic amines) is 1. The summed E-state index contributed by atoms with van der Waals surface area (Å²) in [5.41, 5.74) is 5.41. The number of aryl methyl sites for hydroxylation is 2. The molecule has 0 bridgehead atoms. The van der Waals surface area contributed by atoms with E-state index in [1.54, 1.807) is 0 Å². The highest BCUT2D eigenvalue weighted by Gasteiger charge is 2.23. The number of rotatable bonds is 5. The van der Waals surface area contributed by atoms with Gasteiger partial charge in [-0.1, -0.05) is 48.5 Å². The summed E-state index contributed by atoms with van der Waals surface area (Å²) in [7, 11) is 2.13. The Morgan fingerprint density at radius 1 is 1.00 bits per heavy atom. The minimum atomic E-state index is 0.324. The van der Waals surface area contributed by atoms with Gasteiger partial charge in [0.15, 0.2) is 0 Å². The van der Waals surface area contributed by atoms with Gasteiger partial charge in [0.2, 0.25) is 5.91 Å². The van der Waals surface area contributed by atoms with E-state index in [0.717, 1.165) is 38.8 Å². The maximum Gasteiger partial charge on any atom is 0.222 e. The van der Waals surface area contributed by atoms with Crippen LogP contribution in [-0.4, -0.2) is 28.5 Å². The van der Waals surface area contributed by atoms with E-state index >= 15 is 0 Å². The number of benzene rings is 2. The van der Waals surface area contributed by atoms with Crippen LogP contribution in [0.1, 0.15) is 48.4 Å². The van der Waals surface area contributed by atoms with Gasteiger partial charge in [0.25, 0.3) is 0 Å². The lowest BCUT2D eigenvalue weighted by Gasteiger charge is -2.32. The molecule has 2 aromatic carbocycles. The molecule has 1 aromatic heterocycles. The van der Waals surface area contributed by atoms with Gasteiger partial charge < -0.3 is 9.47 Å². The summed E-state index contributed by atoms with van der Waals surface area (Å²) >= 11 is 0. The van der Waals surface area contributed by atoms with Crippen LogP contribution in [0.15, 0.2) is 54.6 Å². The highest BCUT2D eigenvalue weighted by molar-refractivity contribution is 5.85. The van der Waals surface area contributed by atoms with Gasteiger partial charge in [0, 0.05) is 43.2 Å². The maximum absolute atomic E-state index is 12.7. The lowest BCUT2D eigenvalue weighted by atomic mass is 9.89. The maximum atomic E-state index is 12.7. The molecule has 1 fully saturated rings. The van der Waals surface area contributed by atoms with Crippen LogP contribution in [0.2, 0.25) is 0 Å². The summed E-state index contributed by atoms with van der Waals surface area (Å²) in [5.74, 6) is 0.924. The highest BCUT2D eigenvalue weighted by Crippen LogP contribution is 2.29. The molecule has 4 rings (SSSR count). The molecule has 1 aliphatic rings. The Morgan fingerprint density at radius 3 is 2.43 bits per heavy atom. The molecule has 3 nitrogen and oxygen atoms in total. The Bertz CT molecular complexity index is 949. The van der Waals surface area contributed by atoms with Crippen molar-refractivity contribution in [3.63, 3.8) is 0 Å². The van der Waals surface area contributed by atoms with Gasteiger partial charge in [-0.3, -0.25) is 4.79 Å². The number of para-hydroxylation sites is 1. The van der Waals surface area contributed by atoms with Crippen molar-refractivity contribution in [1.82, 2.24) is 9.47 Å². The van der Waals surface area contributed by atoms with Gasteiger partial charge in [0.05, 0.1) is 0 Å². The summed E-state index contributed by atoms with van der Waals surface area (Å²) in [6.07, 6.45) is 4.71. The molecule has 3 aromatic rings. The number of hydrogen-bond donors (Lipinski definition) is 0. The number of nitrogens with zero attached hydrogens (tertiary/aromatic N) is 2. The molecular weight excluding hydrogens is 344 g/mol. The molecule has 0 spiro atoms. The first-order valence-electron chi connectivity index (χ1n) is 10.5. The Labute approximate surface area is 168 Å². The number of amides is 1. The Kier molecular flexibility index (Phi) is 5.52. The third-order valence-electron chi connectivity index (χ3n) is 6.47. The van der Waals surface area contributed by atoms with Gasteiger partial charge in [0.1, 0.15) is 0 Å². The van der Waals surface area contributed by atoms with Crippen LogP contribution in [0, 0.1) is 6.92 Å². The molecule has 0 aliphatic carbocycles. The van der Waals surface area contributed by atoms with Crippen molar-refractivity contribution < 1.29 is 4.79 Å². The lowest BCUT2D eigenvalue weighted by Crippen LogP contribution is -2.37. The summed E-state index contributed by atoms with van der Waals surface area (Å²) in [6.45, 7) is 3.98. The van der Waals surface area contributed by atoms with Gasteiger partial charge >= 0.3 is 0 Å². The standard InChI is InChI=1S/C25H30N2O/c1-19-22(23-11-6-7-13-24(23)26(19)2)12-8-14-25(28)27-17-15-21(16-18-27)20-9-4-3-5-10-20/h3-7,9-11,13,21H,8,12,14-18H2,1-2H3. The van der Waals surface area contributed by atoms with Crippen molar-refractivity contribution in [2.24, 2.45) is 7.05 Å². The molecule has 28 heavy (non-hydrogen) atoms. The molecule has 2 heterocycles. The van der Waals surface area contributed by atoms with Crippen molar-refractivity contribution in [1.29, 1.82) is 0 Å². The van der Waals surface area contributed by atoms with Crippen molar-refractivity contribution >= 4 is 16.8 Å². The number of hydrogen-bond acceptors (Lipinski definition) is 1. The van der Waals surface area contributed by atoms with Crippen LogP contribution in [0.5, 0.6) is 0 Å². The normalized spacial score (nSPS) is 15.3. The average Bonchev–Trinajstić information content (AvgIpc) is 2.99. The van der Waals surface area contributed by atoms with E-state index < -0.39 is 0 Å². The second-order valence-corrected chi connectivity index (χ2v) is 8.06. The van der Waals surface area contributed by atoms with Crippen LogP contribution in [0.3, 0.4) is 0 Å². The molecule has 0 N–H and O–H groups in total. The average molecular weight is 375 g/mol. The molecule has 146 valence electrons. The fourth-order valence-corrected chi connectivity index (χ4v) is 4.68. The van der Waals surface area contributed by atoms with Gasteiger partial charge in [-0.15, -0.1) is 0 Å². The lowest BCUT2D eigenvalue weighted by molar-refractivity contribution is -0.132. The number of fused-ring (bicyclic) bond motifs is 1. The fraction of sp³-hybridized carbons (Fsp3) is 0.400. The number of aromatic nitrogens is 1. The van der Waals surface area contributed by atoms with Crippen LogP contribution in [-0.2, 0) is 18.3 Å². The van der Waals surface area contributed by atoms with Gasteiger partial charge in [-0.05, 0) is 55.7 Å². The minimum Gasteiger partial charge on any atom is -0.348 e. The topological polar surface area (TPSA) is 25.2 Å². The van der Waals surface area contributed by atoms with Crippen LogP contribution < -0.4 is 0 Å². The molecule has 0 saturated carbocycles. The quantitative estimate of drug-likeness (QED) is 0.601. The second kappa shape index (κ2) is 8.22. The zero-order valence-electron chi connectivity index (χ0n) is 17.0. The van der Waals surface area contributed by atoms with E-state index in [-0.39, 0.29) is 0 Å². The second-order valence-electron chi connectivity index (χ2n) is 8.06. The molecule has 1 aliphatic heterocycles. The Morgan fingerprint density at radius 2 is 1.68 bits per heavy atom. The zero-order chi connectivity index (χ0) is 19.5. The van der Waals surface area contributed by atoms with E-state index in [0.29, 0.717) is 18.2 Å². The third kappa shape index (κ3) is 3.71. The number of piperidine rings is 1. The van der Waals surface area contributed by atoms with E-state index in [1.807, 2.05) is 0 Å². The molecule has 0 atom stereocenters.